The molecule has 1 saturated carbocycles. The summed E-state index contributed by atoms with van der Waals surface area (Å²) in [6.07, 6.45) is 4.65. The summed E-state index contributed by atoms with van der Waals surface area (Å²) in [6.45, 7) is 1.91. The molecule has 4 nitrogen and oxygen atoms in total. The van der Waals surface area contributed by atoms with Crippen LogP contribution in [0.1, 0.15) is 37.8 Å². The van der Waals surface area contributed by atoms with E-state index in [0.29, 0.717) is 18.2 Å². The zero-order chi connectivity index (χ0) is 11.5. The average molecular weight is 219 g/mol. The summed E-state index contributed by atoms with van der Waals surface area (Å²) in [6, 6.07) is 3.65. The summed E-state index contributed by atoms with van der Waals surface area (Å²) in [5.41, 5.74) is 6.75. The lowest BCUT2D eigenvalue weighted by Gasteiger charge is -2.08. The molecule has 0 bridgehead atoms. The van der Waals surface area contributed by atoms with Gasteiger partial charge in [0, 0.05) is 18.7 Å². The Morgan fingerprint density at radius 2 is 2.44 bits per heavy atom. The number of hydrogen-bond acceptors (Lipinski definition) is 3. The van der Waals surface area contributed by atoms with Crippen molar-refractivity contribution < 1.29 is 4.79 Å². The molecule has 1 fully saturated rings. The van der Waals surface area contributed by atoms with Gasteiger partial charge in [-0.15, -0.1) is 0 Å². The van der Waals surface area contributed by atoms with Crippen molar-refractivity contribution in [2.24, 2.45) is 11.7 Å². The van der Waals surface area contributed by atoms with Crippen molar-refractivity contribution in [1.82, 2.24) is 4.98 Å². The molecule has 2 rings (SSSR count). The quantitative estimate of drug-likeness (QED) is 0.811. The van der Waals surface area contributed by atoms with Crippen LogP contribution in [-0.4, -0.2) is 10.9 Å². The van der Waals surface area contributed by atoms with Gasteiger partial charge in [0.25, 0.3) is 0 Å². The number of carbonyl (C=O) groups excluding carboxylic acids is 1. The third-order valence-corrected chi connectivity index (χ3v) is 2.75. The fourth-order valence-electron chi connectivity index (χ4n) is 1.58. The summed E-state index contributed by atoms with van der Waals surface area (Å²) in [4.78, 5) is 15.7. The first-order valence-electron chi connectivity index (χ1n) is 5.66. The number of hydrogen-bond donors (Lipinski definition) is 2. The number of nitrogens with two attached hydrogens (primary N) is 1. The number of rotatable bonds is 4. The first-order valence-corrected chi connectivity index (χ1v) is 5.66. The van der Waals surface area contributed by atoms with Crippen LogP contribution in [0.15, 0.2) is 18.3 Å². The van der Waals surface area contributed by atoms with E-state index in [-0.39, 0.29) is 11.9 Å². The van der Waals surface area contributed by atoms with Gasteiger partial charge in [0.1, 0.15) is 5.82 Å². The third kappa shape index (κ3) is 3.03. The SMILES string of the molecule is CC(N)c1ccnc(NC(=O)CC2CC2)c1. The molecule has 0 spiro atoms. The van der Waals surface area contributed by atoms with E-state index in [1.54, 1.807) is 6.20 Å². The number of amides is 1. The predicted octanol–water partition coefficient (Wildman–Crippen LogP) is 1.84. The predicted molar refractivity (Wildman–Crippen MR) is 62.8 cm³/mol. The Hall–Kier alpha value is -1.42. The van der Waals surface area contributed by atoms with Gasteiger partial charge in [-0.3, -0.25) is 4.79 Å². The molecule has 0 aromatic carbocycles. The van der Waals surface area contributed by atoms with E-state index in [1.807, 2.05) is 19.1 Å². The van der Waals surface area contributed by atoms with Crippen LogP contribution in [0.25, 0.3) is 0 Å². The highest BCUT2D eigenvalue weighted by atomic mass is 16.1. The Morgan fingerprint density at radius 1 is 1.69 bits per heavy atom. The van der Waals surface area contributed by atoms with Crippen LogP contribution in [0, 0.1) is 5.92 Å². The van der Waals surface area contributed by atoms with E-state index in [1.165, 1.54) is 12.8 Å². The zero-order valence-corrected chi connectivity index (χ0v) is 9.44. The van der Waals surface area contributed by atoms with Gasteiger partial charge >= 0.3 is 0 Å². The summed E-state index contributed by atoms with van der Waals surface area (Å²) in [7, 11) is 0. The maximum Gasteiger partial charge on any atom is 0.225 e. The molecule has 1 heterocycles. The van der Waals surface area contributed by atoms with Crippen molar-refractivity contribution in [2.75, 3.05) is 5.32 Å². The molecule has 1 aromatic heterocycles. The van der Waals surface area contributed by atoms with Crippen LogP contribution in [0.2, 0.25) is 0 Å². The summed E-state index contributed by atoms with van der Waals surface area (Å²) < 4.78 is 0. The Balaban J connectivity index is 1.97. The number of anilines is 1. The number of nitrogens with zero attached hydrogens (tertiary/aromatic N) is 1. The molecule has 3 N–H and O–H groups in total. The molecule has 0 saturated heterocycles. The van der Waals surface area contributed by atoms with Crippen LogP contribution in [0.4, 0.5) is 5.82 Å². The maximum absolute atomic E-state index is 11.6. The molecule has 1 unspecified atom stereocenters. The minimum atomic E-state index is -0.0397. The molecule has 0 aliphatic heterocycles. The van der Waals surface area contributed by atoms with Crippen LogP contribution in [-0.2, 0) is 4.79 Å². The van der Waals surface area contributed by atoms with E-state index in [9.17, 15) is 4.79 Å². The van der Waals surface area contributed by atoms with Gasteiger partial charge in [-0.05, 0) is 43.4 Å². The second-order valence-corrected chi connectivity index (χ2v) is 4.46. The monoisotopic (exact) mass is 219 g/mol. The van der Waals surface area contributed by atoms with Crippen molar-refractivity contribution in [3.8, 4) is 0 Å². The van der Waals surface area contributed by atoms with Crippen LogP contribution in [0.5, 0.6) is 0 Å². The van der Waals surface area contributed by atoms with Gasteiger partial charge in [-0.2, -0.15) is 0 Å². The summed E-state index contributed by atoms with van der Waals surface area (Å²) in [5.74, 6) is 1.24. The molecule has 0 radical (unpaired) electrons. The van der Waals surface area contributed by atoms with Crippen molar-refractivity contribution in [2.45, 2.75) is 32.2 Å². The molecule has 1 atom stereocenters. The molecule has 86 valence electrons. The molecular formula is C12H17N3O. The van der Waals surface area contributed by atoms with Gasteiger partial charge in [-0.25, -0.2) is 4.98 Å². The van der Waals surface area contributed by atoms with E-state index in [0.717, 1.165) is 5.56 Å². The lowest BCUT2D eigenvalue weighted by molar-refractivity contribution is -0.116. The fraction of sp³-hybridized carbons (Fsp3) is 0.500. The van der Waals surface area contributed by atoms with Crippen molar-refractivity contribution in [3.63, 3.8) is 0 Å². The van der Waals surface area contributed by atoms with E-state index < -0.39 is 0 Å². The second-order valence-electron chi connectivity index (χ2n) is 4.46. The molecule has 1 amide bonds. The first kappa shape index (κ1) is 11.1. The van der Waals surface area contributed by atoms with Crippen molar-refractivity contribution in [1.29, 1.82) is 0 Å². The molecule has 16 heavy (non-hydrogen) atoms. The standard InChI is InChI=1S/C12H17N3O/c1-8(13)10-4-5-14-11(7-10)15-12(16)6-9-2-3-9/h4-5,7-9H,2-3,6,13H2,1H3,(H,14,15,16). The number of pyridine rings is 1. The number of aromatic nitrogens is 1. The highest BCUT2D eigenvalue weighted by Crippen LogP contribution is 2.32. The lowest BCUT2D eigenvalue weighted by atomic mass is 10.1. The van der Waals surface area contributed by atoms with Crippen LogP contribution in [0.3, 0.4) is 0 Å². The first-order chi connectivity index (χ1) is 7.65. The Kier molecular flexibility index (Phi) is 3.19. The minimum absolute atomic E-state index is 0.0397. The van der Waals surface area contributed by atoms with Gasteiger partial charge in [-0.1, -0.05) is 0 Å². The molecule has 1 aliphatic rings. The highest BCUT2D eigenvalue weighted by Gasteiger charge is 2.24. The largest absolute Gasteiger partial charge is 0.324 e. The summed E-state index contributed by atoms with van der Waals surface area (Å²) >= 11 is 0. The van der Waals surface area contributed by atoms with Gasteiger partial charge in [0.2, 0.25) is 5.91 Å². The maximum atomic E-state index is 11.6. The molecule has 4 heteroatoms. The fourth-order valence-corrected chi connectivity index (χ4v) is 1.58. The van der Waals surface area contributed by atoms with Crippen LogP contribution >= 0.6 is 0 Å². The van der Waals surface area contributed by atoms with Gasteiger partial charge < -0.3 is 11.1 Å². The molecular weight excluding hydrogens is 202 g/mol. The van der Waals surface area contributed by atoms with E-state index in [2.05, 4.69) is 10.3 Å². The zero-order valence-electron chi connectivity index (χ0n) is 9.44. The molecule has 1 aliphatic carbocycles. The third-order valence-electron chi connectivity index (χ3n) is 2.75. The number of nitrogens with one attached hydrogen (secondary N) is 1. The van der Waals surface area contributed by atoms with Crippen molar-refractivity contribution >= 4 is 11.7 Å². The van der Waals surface area contributed by atoms with Crippen LogP contribution < -0.4 is 11.1 Å². The highest BCUT2D eigenvalue weighted by molar-refractivity contribution is 5.90. The van der Waals surface area contributed by atoms with Gasteiger partial charge in [0.15, 0.2) is 0 Å². The van der Waals surface area contributed by atoms with Crippen molar-refractivity contribution in [3.05, 3.63) is 23.9 Å². The van der Waals surface area contributed by atoms with Gasteiger partial charge in [0.05, 0.1) is 0 Å². The van der Waals surface area contributed by atoms with E-state index >= 15 is 0 Å². The summed E-state index contributed by atoms with van der Waals surface area (Å²) in [5, 5.41) is 2.80. The van der Waals surface area contributed by atoms with E-state index in [4.69, 9.17) is 5.73 Å². The second kappa shape index (κ2) is 4.61. The number of carbonyl (C=O) groups is 1. The Labute approximate surface area is 95.3 Å². The average Bonchev–Trinajstić information content (AvgIpc) is 3.01. The molecule has 1 aromatic rings. The Morgan fingerprint density at radius 3 is 3.06 bits per heavy atom. The minimum Gasteiger partial charge on any atom is -0.324 e. The Bertz CT molecular complexity index is 386. The topological polar surface area (TPSA) is 68.0 Å². The normalized spacial score (nSPS) is 16.9. The lowest BCUT2D eigenvalue weighted by Crippen LogP contribution is -2.14. The smallest absolute Gasteiger partial charge is 0.225 e.